The molecule has 0 aliphatic carbocycles. The van der Waals surface area contributed by atoms with E-state index in [-0.39, 0.29) is 24.3 Å². The predicted octanol–water partition coefficient (Wildman–Crippen LogP) is 17.6. The molecule has 10 aromatic heterocycles. The molecule has 0 fully saturated rings. The van der Waals surface area contributed by atoms with Gasteiger partial charge in [-0.3, -0.25) is 19.9 Å². The number of carbonyl (C=O) groups excluding carboxylic acids is 5. The Morgan fingerprint density at radius 1 is 0.696 bits per heavy atom. The van der Waals surface area contributed by atoms with Crippen LogP contribution in [-0.4, -0.2) is 146 Å². The van der Waals surface area contributed by atoms with Gasteiger partial charge in [-0.25, -0.2) is 69.2 Å². The number of methoxy groups -OCH3 is 2. The number of fused-ring (bicyclic) bond motifs is 5. The van der Waals surface area contributed by atoms with E-state index in [4.69, 9.17) is 27.8 Å². The Labute approximate surface area is 685 Å². The summed E-state index contributed by atoms with van der Waals surface area (Å²) in [5, 5.41) is 8.29. The number of aliphatic imine (C=N–C) groups is 1. The standard InChI is InChI=1S/C10H8BrNO2S.C9H7BrN2O2S.C8H7BrN4O2S.C5HBrClN3S.C5H3BrN4S.C5H11NO2.C4H3Br2N3.C4H5NO2S.C4H8O2.2ClH.Cu/c1-14-10(13)4-7-3-8-9(15-7)2-6(11)5-12-8;1-14-8(13)3-7-12-9-6(15-7)2-5(10)4-11-9;1-2-15-8(14)13-7-12-5-6(16-7)11-4(9)3-10-5;2*6-2-1-8-3-4(9-2)11-5(7)10-3;1-5(2)3-4-8-6-7;5-2-1-8-4(7)3(6)9-2;1-2-7-4(6)5-3-8;1-3-6-4(2)5;;;/h2,4-5H,3H2,1H3;2,4H,3H2,1H3;3H,2H2,1H3,(H,10,12,13,14);1H;1H,(H2,7,8,10);5H,3-4H2,1-2H3;1H,(H2,7,8);2H2,1H3;3H2,1-2H3;2*1H;/q;;;;;;;;;;;+2/p-2/b7-4+;;;;;;;;;;;. The van der Waals surface area contributed by atoms with Gasteiger partial charge in [0, 0.05) is 50.6 Å². The third-order valence-corrected chi connectivity index (χ3v) is 17.6. The molecule has 11 heterocycles. The molecular weight excluding hydrogens is 2030 g/mol. The number of esters is 3. The number of nitrogens with two attached hydrogens (primary N) is 2. The second-order valence-corrected chi connectivity index (χ2v) is 30.9. The summed E-state index contributed by atoms with van der Waals surface area (Å²) in [5.74, 6) is 0.171. The number of halogens is 10. The number of nitrogen functional groups attached to an aromatic ring is 2. The Kier molecular flexibility index (Phi) is 48.2. The van der Waals surface area contributed by atoms with Crippen molar-refractivity contribution >= 4 is 306 Å². The van der Waals surface area contributed by atoms with Crippen molar-refractivity contribution in [3.63, 3.8) is 0 Å². The number of allylic oxidation sites excluding steroid dienone is 1. The molecule has 0 saturated carbocycles. The number of pyridine rings is 2. The van der Waals surface area contributed by atoms with Crippen LogP contribution < -0.4 is 16.8 Å². The normalized spacial score (nSPS) is 10.7. The summed E-state index contributed by atoms with van der Waals surface area (Å²) in [5.41, 5.74) is 14.2. The van der Waals surface area contributed by atoms with Crippen LogP contribution in [0.3, 0.4) is 0 Å². The predicted molar refractivity (Wildman–Crippen MR) is 420 cm³/mol. The van der Waals surface area contributed by atoms with E-state index in [1.54, 1.807) is 69.7 Å². The van der Waals surface area contributed by atoms with E-state index in [2.05, 4.69) is 267 Å². The van der Waals surface area contributed by atoms with E-state index in [1.807, 2.05) is 17.3 Å². The van der Waals surface area contributed by atoms with Gasteiger partial charge in [0.05, 0.1) is 80.8 Å². The molecule has 1 aliphatic rings. The molecule has 1 aliphatic heterocycles. The van der Waals surface area contributed by atoms with Crippen LogP contribution in [0, 0.1) is 10.8 Å². The molecule has 31 nitrogen and oxygen atoms in total. The number of thiocarbonyl (C=S) groups is 1. The molecule has 553 valence electrons. The van der Waals surface area contributed by atoms with Crippen LogP contribution >= 0.6 is 213 Å². The van der Waals surface area contributed by atoms with Crippen molar-refractivity contribution in [2.75, 3.05) is 57.4 Å². The van der Waals surface area contributed by atoms with Gasteiger partial charge >= 0.3 is 63.4 Å². The van der Waals surface area contributed by atoms with Gasteiger partial charge in [-0.15, -0.1) is 21.2 Å². The van der Waals surface area contributed by atoms with E-state index < -0.39 is 12.2 Å². The van der Waals surface area contributed by atoms with Crippen molar-refractivity contribution in [1.29, 1.82) is 0 Å². The summed E-state index contributed by atoms with van der Waals surface area (Å²) < 4.78 is 29.2. The second-order valence-electron chi connectivity index (χ2n) is 17.5. The Morgan fingerprint density at radius 3 is 1.76 bits per heavy atom. The van der Waals surface area contributed by atoms with E-state index in [9.17, 15) is 28.9 Å². The van der Waals surface area contributed by atoms with Crippen molar-refractivity contribution in [3.05, 3.63) is 112 Å². The van der Waals surface area contributed by atoms with Crippen LogP contribution in [0.25, 0.3) is 41.8 Å². The average molecular weight is 2080 g/mol. The Bertz CT molecular complexity index is 4350. The minimum atomic E-state index is -0.678. The quantitative estimate of drug-likeness (QED) is 0.0125. The molecule has 5 N–H and O–H groups in total. The average Bonchev–Trinajstić information content (AvgIpc) is 1.71. The second kappa shape index (κ2) is 52.9. The monoisotopic (exact) mass is 2070 g/mol. The third-order valence-electron chi connectivity index (χ3n) is 9.82. The number of nitrogens with zero attached hydrogens (tertiary/aromatic N) is 16. The molecule has 0 radical (unpaired) electrons. The summed E-state index contributed by atoms with van der Waals surface area (Å²) in [4.78, 5) is 131. The van der Waals surface area contributed by atoms with Gasteiger partial charge in [-0.2, -0.15) is 9.97 Å². The molecule has 10 aromatic rings. The number of amides is 2. The number of hydrogen-bond acceptors (Lipinski definition) is 35. The van der Waals surface area contributed by atoms with Crippen LogP contribution in [0.1, 0.15) is 58.7 Å². The van der Waals surface area contributed by atoms with Crippen LogP contribution in [-0.2, 0) is 68.9 Å². The first-order chi connectivity index (χ1) is 48.5. The van der Waals surface area contributed by atoms with Crippen LogP contribution in [0.4, 0.5) is 25.7 Å². The third kappa shape index (κ3) is 39.4. The molecule has 0 unspecified atom stereocenters. The number of thiazole rings is 4. The molecule has 11 rings (SSSR count). The summed E-state index contributed by atoms with van der Waals surface area (Å²) in [6.45, 7) is 12.3. The Morgan fingerprint density at radius 2 is 1.24 bits per heavy atom. The summed E-state index contributed by atoms with van der Waals surface area (Å²) in [6, 6.07) is 3.94. The van der Waals surface area contributed by atoms with Gasteiger partial charge in [0.25, 0.3) is 0 Å². The number of rotatable bonds is 11. The SMILES string of the molecule is CC(C)CCON=O.CCOC(=O)N=C=S.CCOC(=O)Nc1nc2ncc(Br)nc2s1.CCOC(C)=O.COC(=O)/C=C1\Cc2ncc(Br)cc2S1.COC(=O)Cc1nc2ncc(Br)cc2s1.Clc1nc2ncc(Br)nc2s1.Nc1nc2ncc(Br)nc2s1.Nc1ncc(Br)nc1Br.[Cl][Cu][Cl]. The topological polar surface area (TPSA) is 427 Å². The molecule has 0 aromatic carbocycles. The number of hydrogen-bond donors (Lipinski definition) is 3. The first kappa shape index (κ1) is 93.1. The maximum absolute atomic E-state index is 11.1. The van der Waals surface area contributed by atoms with Crippen molar-refractivity contribution < 1.29 is 65.6 Å². The Hall–Kier alpha value is -5.03. The van der Waals surface area contributed by atoms with Crippen molar-refractivity contribution in [3.8, 4) is 0 Å². The summed E-state index contributed by atoms with van der Waals surface area (Å²) >= 11 is 40.0. The fourth-order valence-corrected chi connectivity index (χ4v) is 13.3. The van der Waals surface area contributed by atoms with Crippen molar-refractivity contribution in [2.45, 2.75) is 65.7 Å². The van der Waals surface area contributed by atoms with Gasteiger partial charge < -0.3 is 40.0 Å². The van der Waals surface area contributed by atoms with Crippen molar-refractivity contribution in [2.24, 2.45) is 16.3 Å². The zero-order chi connectivity index (χ0) is 76.3. The molecule has 0 saturated heterocycles. The molecule has 102 heavy (non-hydrogen) atoms. The molecular formula is C54H53Br7Cl3CuN19O12S6. The minimum absolute atomic E-state index is 0.204. The Balaban J connectivity index is 0.000000394. The maximum atomic E-state index is 11.1. The van der Waals surface area contributed by atoms with Crippen LogP contribution in [0.15, 0.2) is 107 Å². The van der Waals surface area contributed by atoms with Crippen LogP contribution in [0.5, 0.6) is 0 Å². The number of aromatic nitrogens is 14. The number of isothiocyanates is 1. The number of carbonyl (C=O) groups is 5. The molecule has 0 atom stereocenters. The number of nitrogens with one attached hydrogen (secondary N) is 1. The zero-order valence-corrected chi connectivity index (χ0v) is 72.7. The summed E-state index contributed by atoms with van der Waals surface area (Å²) in [6.07, 6.45) is 11.9. The molecule has 0 bridgehead atoms. The number of anilines is 3. The van der Waals surface area contributed by atoms with E-state index in [1.165, 1.54) is 72.6 Å². The fraction of sp³-hybridized carbons (Fsp3) is 0.296. The van der Waals surface area contributed by atoms with Crippen molar-refractivity contribution in [1.82, 2.24) is 69.8 Å². The van der Waals surface area contributed by atoms with Gasteiger partial charge in [-0.1, -0.05) is 71.2 Å². The molecule has 48 heteroatoms. The first-order valence-corrected chi connectivity index (χ1v) is 40.4. The van der Waals surface area contributed by atoms with Gasteiger partial charge in [0.15, 0.2) is 63.0 Å². The summed E-state index contributed by atoms with van der Waals surface area (Å²) in [7, 11) is 12.1. The number of thioether (sulfide) groups is 1. The molecule has 2 amide bonds. The van der Waals surface area contributed by atoms with Gasteiger partial charge in [-0.05, 0) is 169 Å². The van der Waals surface area contributed by atoms with Crippen LogP contribution in [0.2, 0.25) is 4.47 Å². The van der Waals surface area contributed by atoms with E-state index >= 15 is 0 Å². The van der Waals surface area contributed by atoms with E-state index in [0.29, 0.717) is 110 Å². The van der Waals surface area contributed by atoms with E-state index in [0.717, 1.165) is 63.4 Å². The molecule has 0 spiro atoms. The van der Waals surface area contributed by atoms with Gasteiger partial charge in [0.2, 0.25) is 0 Å². The fourth-order valence-electron chi connectivity index (χ4n) is 5.88. The first-order valence-electron chi connectivity index (χ1n) is 27.4. The van der Waals surface area contributed by atoms with Gasteiger partial charge in [0.1, 0.15) is 34.6 Å². The number of ether oxygens (including phenoxy) is 5. The zero-order valence-electron chi connectivity index (χ0n) is 53.5.